The molecule has 0 aromatic carbocycles. The molecule has 0 bridgehead atoms. The average Bonchev–Trinajstić information content (AvgIpc) is 2.97. The molecule has 5 heteroatoms. The van der Waals surface area contributed by atoms with Gasteiger partial charge in [0.15, 0.2) is 0 Å². The maximum absolute atomic E-state index is 4.32. The van der Waals surface area contributed by atoms with Gasteiger partial charge in [-0.3, -0.25) is 0 Å². The van der Waals surface area contributed by atoms with Crippen molar-refractivity contribution in [3.8, 4) is 0 Å². The van der Waals surface area contributed by atoms with E-state index in [4.69, 9.17) is 0 Å². The molecule has 1 aliphatic rings. The number of hydrogen-bond donors (Lipinski definition) is 1. The predicted octanol–water partition coefficient (Wildman–Crippen LogP) is 4.18. The van der Waals surface area contributed by atoms with Gasteiger partial charge in [-0.15, -0.1) is 22.7 Å². The minimum absolute atomic E-state index is 0.537. The molecular formula is C13H15BrN2S2. The van der Waals surface area contributed by atoms with Crippen molar-refractivity contribution in [3.05, 3.63) is 36.9 Å². The number of hydrogen-bond acceptors (Lipinski definition) is 4. The van der Waals surface area contributed by atoms with Crippen LogP contribution in [-0.2, 0) is 12.8 Å². The Morgan fingerprint density at radius 2 is 2.44 bits per heavy atom. The van der Waals surface area contributed by atoms with Crippen molar-refractivity contribution in [2.45, 2.75) is 31.7 Å². The van der Waals surface area contributed by atoms with Crippen molar-refractivity contribution in [3.63, 3.8) is 0 Å². The fourth-order valence-corrected chi connectivity index (χ4v) is 4.88. The number of nitrogens with zero attached hydrogens (tertiary/aromatic N) is 1. The first-order valence-corrected chi connectivity index (χ1v) is 8.77. The predicted molar refractivity (Wildman–Crippen MR) is 81.5 cm³/mol. The molecule has 96 valence electrons. The second-order valence-electron chi connectivity index (χ2n) is 4.56. The van der Waals surface area contributed by atoms with Crippen LogP contribution in [0.2, 0.25) is 0 Å². The molecule has 2 aromatic heterocycles. The van der Waals surface area contributed by atoms with Gasteiger partial charge in [-0.25, -0.2) is 4.98 Å². The first-order chi connectivity index (χ1) is 8.83. The third-order valence-electron chi connectivity index (χ3n) is 3.34. The monoisotopic (exact) mass is 342 g/mol. The van der Waals surface area contributed by atoms with Crippen molar-refractivity contribution in [1.82, 2.24) is 10.3 Å². The largest absolute Gasteiger partial charge is 0.310 e. The summed E-state index contributed by atoms with van der Waals surface area (Å²) in [7, 11) is 0. The summed E-state index contributed by atoms with van der Waals surface area (Å²) in [5.41, 5.74) is 4.62. The minimum Gasteiger partial charge on any atom is -0.310 e. The average molecular weight is 343 g/mol. The van der Waals surface area contributed by atoms with Crippen LogP contribution in [0.25, 0.3) is 0 Å². The molecule has 2 heterocycles. The minimum atomic E-state index is 0.537. The lowest BCUT2D eigenvalue weighted by Gasteiger charge is -2.23. The zero-order chi connectivity index (χ0) is 12.4. The van der Waals surface area contributed by atoms with Gasteiger partial charge in [-0.05, 0) is 46.8 Å². The van der Waals surface area contributed by atoms with Gasteiger partial charge in [0.05, 0.1) is 15.0 Å². The Morgan fingerprint density at radius 3 is 3.28 bits per heavy atom. The van der Waals surface area contributed by atoms with Gasteiger partial charge >= 0.3 is 0 Å². The summed E-state index contributed by atoms with van der Waals surface area (Å²) in [6.07, 6.45) is 4.83. The van der Waals surface area contributed by atoms with E-state index in [1.807, 2.05) is 16.8 Å². The summed E-state index contributed by atoms with van der Waals surface area (Å²) in [6.45, 7) is 1.02. The van der Waals surface area contributed by atoms with E-state index < -0.39 is 0 Å². The lowest BCUT2D eigenvalue weighted by atomic mass is 9.94. The van der Waals surface area contributed by atoms with Crippen LogP contribution in [-0.4, -0.2) is 11.5 Å². The van der Waals surface area contributed by atoms with Gasteiger partial charge in [0, 0.05) is 29.3 Å². The topological polar surface area (TPSA) is 24.9 Å². The van der Waals surface area contributed by atoms with Crippen LogP contribution in [0, 0.1) is 0 Å². The van der Waals surface area contributed by atoms with E-state index in [1.165, 1.54) is 34.3 Å². The van der Waals surface area contributed by atoms with E-state index in [1.54, 1.807) is 16.2 Å². The molecule has 1 atom stereocenters. The SMILES string of the molecule is Brc1cc2c(s1)CCCC2NCCc1cscn1. The molecule has 0 saturated carbocycles. The van der Waals surface area contributed by atoms with Gasteiger partial charge in [0.2, 0.25) is 0 Å². The highest BCUT2D eigenvalue weighted by molar-refractivity contribution is 9.11. The number of thiazole rings is 1. The summed E-state index contributed by atoms with van der Waals surface area (Å²) >= 11 is 7.17. The van der Waals surface area contributed by atoms with Crippen LogP contribution >= 0.6 is 38.6 Å². The highest BCUT2D eigenvalue weighted by atomic mass is 79.9. The van der Waals surface area contributed by atoms with Crippen LogP contribution in [0.3, 0.4) is 0 Å². The number of nitrogens with one attached hydrogen (secondary N) is 1. The highest BCUT2D eigenvalue weighted by Gasteiger charge is 2.21. The first-order valence-electron chi connectivity index (χ1n) is 6.21. The quantitative estimate of drug-likeness (QED) is 0.901. The fraction of sp³-hybridized carbons (Fsp3) is 0.462. The lowest BCUT2D eigenvalue weighted by Crippen LogP contribution is -2.26. The van der Waals surface area contributed by atoms with Crippen molar-refractivity contribution in [1.29, 1.82) is 0 Å². The van der Waals surface area contributed by atoms with Crippen molar-refractivity contribution >= 4 is 38.6 Å². The molecule has 0 amide bonds. The number of rotatable bonds is 4. The zero-order valence-corrected chi connectivity index (χ0v) is 13.2. The summed E-state index contributed by atoms with van der Waals surface area (Å²) < 4.78 is 1.26. The smallest absolute Gasteiger partial charge is 0.0794 e. The molecule has 2 aromatic rings. The van der Waals surface area contributed by atoms with Gasteiger partial charge in [0.25, 0.3) is 0 Å². The molecule has 1 N–H and O–H groups in total. The molecule has 2 nitrogen and oxygen atoms in total. The lowest BCUT2D eigenvalue weighted by molar-refractivity contribution is 0.466. The first kappa shape index (κ1) is 12.8. The Labute approximate surface area is 124 Å². The Bertz CT molecular complexity index is 507. The van der Waals surface area contributed by atoms with Gasteiger partial charge < -0.3 is 5.32 Å². The Morgan fingerprint density at radius 1 is 1.50 bits per heavy atom. The second kappa shape index (κ2) is 5.82. The molecule has 0 fully saturated rings. The van der Waals surface area contributed by atoms with E-state index in [2.05, 4.69) is 37.7 Å². The maximum Gasteiger partial charge on any atom is 0.0794 e. The molecule has 0 saturated heterocycles. The normalized spacial score (nSPS) is 18.8. The Hall–Kier alpha value is -0.230. The van der Waals surface area contributed by atoms with Crippen LogP contribution in [0.1, 0.15) is 35.0 Å². The van der Waals surface area contributed by atoms with Crippen molar-refractivity contribution in [2.24, 2.45) is 0 Å². The molecule has 0 spiro atoms. The Kier molecular flexibility index (Phi) is 4.13. The van der Waals surface area contributed by atoms with Crippen LogP contribution < -0.4 is 5.32 Å². The standard InChI is InChI=1S/C13H15BrN2S2/c14-13-6-10-11(2-1-3-12(10)18-13)15-5-4-9-7-17-8-16-9/h6-8,11,15H,1-5H2. The van der Waals surface area contributed by atoms with Crippen LogP contribution in [0.15, 0.2) is 20.7 Å². The summed E-state index contributed by atoms with van der Waals surface area (Å²) in [4.78, 5) is 5.88. The summed E-state index contributed by atoms with van der Waals surface area (Å²) in [5, 5.41) is 5.81. The Balaban J connectivity index is 1.60. The number of aryl methyl sites for hydroxylation is 1. The number of halogens is 1. The summed E-state index contributed by atoms with van der Waals surface area (Å²) in [5.74, 6) is 0. The molecule has 0 radical (unpaired) electrons. The van der Waals surface area contributed by atoms with E-state index >= 15 is 0 Å². The maximum atomic E-state index is 4.32. The molecule has 1 aliphatic carbocycles. The molecule has 0 aliphatic heterocycles. The van der Waals surface area contributed by atoms with Crippen molar-refractivity contribution in [2.75, 3.05) is 6.54 Å². The van der Waals surface area contributed by atoms with Gasteiger partial charge in [0.1, 0.15) is 0 Å². The molecule has 3 rings (SSSR count). The van der Waals surface area contributed by atoms with Gasteiger partial charge in [-0.1, -0.05) is 0 Å². The molecular weight excluding hydrogens is 328 g/mol. The fourth-order valence-electron chi connectivity index (χ4n) is 2.47. The zero-order valence-electron chi connectivity index (χ0n) is 9.99. The molecule has 1 unspecified atom stereocenters. The van der Waals surface area contributed by atoms with Gasteiger partial charge in [-0.2, -0.15) is 0 Å². The van der Waals surface area contributed by atoms with E-state index in [-0.39, 0.29) is 0 Å². The number of thiophene rings is 1. The van der Waals surface area contributed by atoms with E-state index in [0.29, 0.717) is 6.04 Å². The number of aromatic nitrogens is 1. The van der Waals surface area contributed by atoms with Crippen LogP contribution in [0.5, 0.6) is 0 Å². The van der Waals surface area contributed by atoms with E-state index in [0.717, 1.165) is 13.0 Å². The summed E-state index contributed by atoms with van der Waals surface area (Å²) in [6, 6.07) is 2.83. The third-order valence-corrected chi connectivity index (χ3v) is 5.69. The highest BCUT2D eigenvalue weighted by Crippen LogP contribution is 2.37. The number of fused-ring (bicyclic) bond motifs is 1. The molecule has 18 heavy (non-hydrogen) atoms. The third kappa shape index (κ3) is 2.85. The second-order valence-corrected chi connectivity index (χ2v) is 7.79. The van der Waals surface area contributed by atoms with Crippen LogP contribution in [0.4, 0.5) is 0 Å². The van der Waals surface area contributed by atoms with E-state index in [9.17, 15) is 0 Å². The van der Waals surface area contributed by atoms with Crippen molar-refractivity contribution < 1.29 is 0 Å².